The highest BCUT2D eigenvalue weighted by molar-refractivity contribution is 8.11. The van der Waals surface area contributed by atoms with Crippen LogP contribution < -0.4 is 9.88 Å². The van der Waals surface area contributed by atoms with E-state index in [1.165, 1.54) is 17.5 Å². The van der Waals surface area contributed by atoms with Crippen LogP contribution in [0.4, 0.5) is 0 Å². The maximum Gasteiger partial charge on any atom is 0.179 e. The molecule has 0 aromatic heterocycles. The van der Waals surface area contributed by atoms with Crippen LogP contribution in [-0.2, 0) is 6.42 Å². The van der Waals surface area contributed by atoms with Gasteiger partial charge in [-0.25, -0.2) is 4.99 Å². The molecule has 1 aliphatic heterocycles. The first kappa shape index (κ1) is 21.7. The van der Waals surface area contributed by atoms with Gasteiger partial charge < -0.3 is 9.64 Å². The molecule has 0 radical (unpaired) electrons. The minimum Gasteiger partial charge on any atom is -0.496 e. The lowest BCUT2D eigenvalue weighted by molar-refractivity contribution is 0.185. The van der Waals surface area contributed by atoms with Crippen molar-refractivity contribution in [1.82, 2.24) is 9.80 Å². The summed E-state index contributed by atoms with van der Waals surface area (Å²) in [5.41, 5.74) is 2.88. The lowest BCUT2D eigenvalue weighted by atomic mass is 10.1. The highest BCUT2D eigenvalue weighted by Crippen LogP contribution is 2.21. The van der Waals surface area contributed by atoms with E-state index in [0.29, 0.717) is 10.7 Å². The molecule has 0 unspecified atom stereocenters. The number of hydrogen-bond donors (Lipinski definition) is 1. The predicted octanol–water partition coefficient (Wildman–Crippen LogP) is 4.14. The van der Waals surface area contributed by atoms with Crippen molar-refractivity contribution in [2.24, 2.45) is 10.1 Å². The number of halogens is 1. The molecule has 1 fully saturated rings. The zero-order chi connectivity index (χ0) is 20.6. The lowest BCUT2D eigenvalue weighted by Crippen LogP contribution is -2.48. The van der Waals surface area contributed by atoms with Crippen LogP contribution in [-0.4, -0.2) is 54.8 Å². The quantitative estimate of drug-likeness (QED) is 0.424. The van der Waals surface area contributed by atoms with Gasteiger partial charge >= 0.3 is 0 Å². The van der Waals surface area contributed by atoms with Crippen LogP contribution in [0.5, 0.6) is 5.75 Å². The van der Waals surface area contributed by atoms with E-state index in [9.17, 15) is 0 Å². The standard InChI is InChI=1S/C22H27ClN4OS/c1-17(18-7-9-20(23)10-8-18)25-22(29-24)27-15-13-26(14-16-27)12-11-19-5-3-4-6-21(19)28-2/h3-10H,1,11-16,24H2,2H3. The van der Waals surface area contributed by atoms with Gasteiger partial charge in [-0.3, -0.25) is 10.0 Å². The fourth-order valence-corrected chi connectivity index (χ4v) is 3.97. The molecule has 0 aliphatic carbocycles. The van der Waals surface area contributed by atoms with Crippen molar-refractivity contribution in [2.45, 2.75) is 6.42 Å². The number of ether oxygens (including phenoxy) is 1. The first-order chi connectivity index (χ1) is 14.1. The van der Waals surface area contributed by atoms with Crippen LogP contribution in [0.25, 0.3) is 5.70 Å². The van der Waals surface area contributed by atoms with Gasteiger partial charge in [0, 0.05) is 37.7 Å². The smallest absolute Gasteiger partial charge is 0.179 e. The Kier molecular flexibility index (Phi) is 8.00. The SMILES string of the molecule is C=C(N=C(SN)N1CCN(CCc2ccccc2OC)CC1)c1ccc(Cl)cc1. The van der Waals surface area contributed by atoms with Crippen LogP contribution in [0.1, 0.15) is 11.1 Å². The molecule has 154 valence electrons. The number of piperazine rings is 1. The van der Waals surface area contributed by atoms with Gasteiger partial charge in [0.1, 0.15) is 5.75 Å². The molecular weight excluding hydrogens is 404 g/mol. The summed E-state index contributed by atoms with van der Waals surface area (Å²) in [4.78, 5) is 9.36. The van der Waals surface area contributed by atoms with Crippen LogP contribution in [0, 0.1) is 0 Å². The fraction of sp³-hybridized carbons (Fsp3) is 0.318. The van der Waals surface area contributed by atoms with Gasteiger partial charge in [-0.05, 0) is 47.7 Å². The molecule has 1 aliphatic rings. The summed E-state index contributed by atoms with van der Waals surface area (Å²) >= 11 is 7.13. The van der Waals surface area contributed by atoms with E-state index in [4.69, 9.17) is 21.5 Å². The molecule has 3 rings (SSSR count). The predicted molar refractivity (Wildman–Crippen MR) is 124 cm³/mol. The number of rotatable bonds is 6. The number of benzene rings is 2. The summed E-state index contributed by atoms with van der Waals surface area (Å²) in [5, 5.41) is 7.41. The van der Waals surface area contributed by atoms with E-state index in [-0.39, 0.29) is 0 Å². The Morgan fingerprint density at radius 3 is 2.48 bits per heavy atom. The Labute approximate surface area is 182 Å². The molecule has 2 N–H and O–H groups in total. The van der Waals surface area contributed by atoms with Gasteiger partial charge in [0.05, 0.1) is 12.8 Å². The average molecular weight is 431 g/mol. The zero-order valence-corrected chi connectivity index (χ0v) is 18.3. The summed E-state index contributed by atoms with van der Waals surface area (Å²) in [6.07, 6.45) is 0.976. The fourth-order valence-electron chi connectivity index (χ4n) is 3.34. The highest BCUT2D eigenvalue weighted by Gasteiger charge is 2.20. The number of para-hydroxylation sites is 1. The van der Waals surface area contributed by atoms with Crippen molar-refractivity contribution in [3.63, 3.8) is 0 Å². The van der Waals surface area contributed by atoms with Crippen molar-refractivity contribution in [2.75, 3.05) is 39.8 Å². The molecule has 1 heterocycles. The number of amidine groups is 1. The summed E-state index contributed by atoms with van der Waals surface area (Å²) < 4.78 is 5.45. The van der Waals surface area contributed by atoms with Gasteiger partial charge in [-0.2, -0.15) is 0 Å². The number of methoxy groups -OCH3 is 1. The third-order valence-corrected chi connectivity index (χ3v) is 5.86. The minimum absolute atomic E-state index is 0.688. The van der Waals surface area contributed by atoms with Crippen molar-refractivity contribution in [1.29, 1.82) is 0 Å². The van der Waals surface area contributed by atoms with E-state index < -0.39 is 0 Å². The second kappa shape index (κ2) is 10.7. The number of nitrogens with zero attached hydrogens (tertiary/aromatic N) is 3. The van der Waals surface area contributed by atoms with Crippen molar-refractivity contribution in [3.8, 4) is 5.75 Å². The Bertz CT molecular complexity index is 848. The Balaban J connectivity index is 1.54. The summed E-state index contributed by atoms with van der Waals surface area (Å²) in [5.74, 6) is 0.959. The molecule has 5 nitrogen and oxygen atoms in total. The monoisotopic (exact) mass is 430 g/mol. The Morgan fingerprint density at radius 2 is 1.83 bits per heavy atom. The number of nitrogens with two attached hydrogens (primary N) is 1. The number of aliphatic imine (C=N–C) groups is 1. The van der Waals surface area contributed by atoms with Crippen molar-refractivity contribution < 1.29 is 4.74 Å². The van der Waals surface area contributed by atoms with Gasteiger partial charge in [-0.1, -0.05) is 48.5 Å². The molecular formula is C22H27ClN4OS. The second-order valence-corrected chi connectivity index (χ2v) is 7.89. The lowest BCUT2D eigenvalue weighted by Gasteiger charge is -2.36. The highest BCUT2D eigenvalue weighted by atomic mass is 35.5. The van der Waals surface area contributed by atoms with E-state index >= 15 is 0 Å². The summed E-state index contributed by atoms with van der Waals surface area (Å²) in [6.45, 7) is 8.82. The van der Waals surface area contributed by atoms with E-state index in [2.05, 4.69) is 33.5 Å². The first-order valence-corrected chi connectivity index (χ1v) is 10.9. The van der Waals surface area contributed by atoms with Crippen LogP contribution in [0.2, 0.25) is 5.02 Å². The third-order valence-electron chi connectivity index (χ3n) is 5.05. The maximum absolute atomic E-state index is 5.96. The maximum atomic E-state index is 5.96. The molecule has 0 bridgehead atoms. The van der Waals surface area contributed by atoms with Gasteiger partial charge in [-0.15, -0.1) is 0 Å². The normalized spacial score (nSPS) is 15.4. The molecule has 0 saturated carbocycles. The molecule has 2 aromatic rings. The largest absolute Gasteiger partial charge is 0.496 e. The molecule has 0 spiro atoms. The van der Waals surface area contributed by atoms with E-state index in [1.54, 1.807) is 7.11 Å². The van der Waals surface area contributed by atoms with Gasteiger partial charge in [0.2, 0.25) is 0 Å². The van der Waals surface area contributed by atoms with Crippen LogP contribution in [0.15, 0.2) is 60.1 Å². The topological polar surface area (TPSA) is 54.1 Å². The van der Waals surface area contributed by atoms with E-state index in [1.807, 2.05) is 36.4 Å². The summed E-state index contributed by atoms with van der Waals surface area (Å²) in [6, 6.07) is 15.7. The molecule has 29 heavy (non-hydrogen) atoms. The summed E-state index contributed by atoms with van der Waals surface area (Å²) in [7, 11) is 1.72. The minimum atomic E-state index is 0.688. The second-order valence-electron chi connectivity index (χ2n) is 6.86. The van der Waals surface area contributed by atoms with E-state index in [0.717, 1.165) is 55.6 Å². The van der Waals surface area contributed by atoms with Crippen molar-refractivity contribution in [3.05, 3.63) is 71.3 Å². The zero-order valence-electron chi connectivity index (χ0n) is 16.7. The molecule has 1 saturated heterocycles. The van der Waals surface area contributed by atoms with Crippen LogP contribution >= 0.6 is 23.5 Å². The number of hydrogen-bond acceptors (Lipinski definition) is 5. The van der Waals surface area contributed by atoms with Gasteiger partial charge in [0.25, 0.3) is 0 Å². The average Bonchev–Trinajstić information content (AvgIpc) is 2.77. The first-order valence-electron chi connectivity index (χ1n) is 9.60. The molecule has 0 amide bonds. The van der Waals surface area contributed by atoms with Crippen LogP contribution in [0.3, 0.4) is 0 Å². The van der Waals surface area contributed by atoms with Gasteiger partial charge in [0.15, 0.2) is 5.17 Å². The molecule has 2 aromatic carbocycles. The van der Waals surface area contributed by atoms with Crippen molar-refractivity contribution >= 4 is 34.4 Å². The Morgan fingerprint density at radius 1 is 1.14 bits per heavy atom. The third kappa shape index (κ3) is 6.00. The Hall–Kier alpha value is -1.99. The molecule has 7 heteroatoms. The molecule has 0 atom stereocenters.